The Labute approximate surface area is 169 Å². The van der Waals surface area contributed by atoms with Gasteiger partial charge in [-0.25, -0.2) is 4.98 Å². The SMILES string of the molecule is Cc1cccc(OCC(=O)Nc2ccc(Cc3nc4ccccc4o3)cc2)c1C. The smallest absolute Gasteiger partial charge is 0.262 e. The Hall–Kier alpha value is -3.60. The minimum absolute atomic E-state index is 0.0328. The second-order valence-corrected chi connectivity index (χ2v) is 6.98. The van der Waals surface area contributed by atoms with Crippen molar-refractivity contribution in [2.45, 2.75) is 20.3 Å². The predicted octanol–water partition coefficient (Wildman–Crippen LogP) is 5.05. The second kappa shape index (κ2) is 8.19. The Balaban J connectivity index is 1.34. The number of oxazole rings is 1. The first-order valence-corrected chi connectivity index (χ1v) is 9.51. The molecule has 0 aliphatic heterocycles. The van der Waals surface area contributed by atoms with Gasteiger partial charge in [0.2, 0.25) is 0 Å². The number of amides is 1. The minimum atomic E-state index is -0.197. The fraction of sp³-hybridized carbons (Fsp3) is 0.167. The van der Waals surface area contributed by atoms with Crippen LogP contribution in [-0.2, 0) is 11.2 Å². The highest BCUT2D eigenvalue weighted by atomic mass is 16.5. The number of rotatable bonds is 6. The number of fused-ring (bicyclic) bond motifs is 1. The molecule has 0 bridgehead atoms. The molecule has 146 valence electrons. The van der Waals surface area contributed by atoms with E-state index in [1.807, 2.05) is 80.6 Å². The van der Waals surface area contributed by atoms with Crippen molar-refractivity contribution in [3.8, 4) is 5.75 Å². The van der Waals surface area contributed by atoms with Gasteiger partial charge in [0.05, 0.1) is 0 Å². The number of aryl methyl sites for hydroxylation is 1. The molecule has 1 heterocycles. The highest BCUT2D eigenvalue weighted by Gasteiger charge is 2.08. The number of carbonyl (C=O) groups is 1. The van der Waals surface area contributed by atoms with Crippen LogP contribution in [0.5, 0.6) is 5.75 Å². The van der Waals surface area contributed by atoms with E-state index in [1.165, 1.54) is 0 Å². The molecule has 29 heavy (non-hydrogen) atoms. The number of carbonyl (C=O) groups excluding carboxylic acids is 1. The van der Waals surface area contributed by atoms with Gasteiger partial charge in [-0.15, -0.1) is 0 Å². The Kier molecular flexibility index (Phi) is 5.29. The number of nitrogens with zero attached hydrogens (tertiary/aromatic N) is 1. The second-order valence-electron chi connectivity index (χ2n) is 6.98. The standard InChI is InChI=1S/C24H22N2O3/c1-16-6-5-9-21(17(16)2)28-15-23(27)25-19-12-10-18(11-13-19)14-24-26-20-7-3-4-8-22(20)29-24/h3-13H,14-15H2,1-2H3,(H,25,27). The van der Waals surface area contributed by atoms with Gasteiger partial charge >= 0.3 is 0 Å². The summed E-state index contributed by atoms with van der Waals surface area (Å²) in [6.07, 6.45) is 0.596. The molecule has 0 radical (unpaired) electrons. The lowest BCUT2D eigenvalue weighted by molar-refractivity contribution is -0.118. The van der Waals surface area contributed by atoms with Gasteiger partial charge in [0.1, 0.15) is 11.3 Å². The zero-order chi connectivity index (χ0) is 20.2. The molecule has 0 unspecified atom stereocenters. The molecule has 0 saturated carbocycles. The number of anilines is 1. The summed E-state index contributed by atoms with van der Waals surface area (Å²) in [6, 6.07) is 21.2. The van der Waals surface area contributed by atoms with E-state index in [0.29, 0.717) is 12.3 Å². The van der Waals surface area contributed by atoms with E-state index in [9.17, 15) is 4.79 Å². The van der Waals surface area contributed by atoms with Crippen molar-refractivity contribution in [3.63, 3.8) is 0 Å². The minimum Gasteiger partial charge on any atom is -0.483 e. The van der Waals surface area contributed by atoms with Crippen LogP contribution in [-0.4, -0.2) is 17.5 Å². The van der Waals surface area contributed by atoms with Crippen molar-refractivity contribution < 1.29 is 13.9 Å². The van der Waals surface area contributed by atoms with Crippen LogP contribution in [0.2, 0.25) is 0 Å². The van der Waals surface area contributed by atoms with Crippen molar-refractivity contribution in [3.05, 3.63) is 89.3 Å². The Morgan fingerprint density at radius 2 is 1.79 bits per heavy atom. The molecule has 1 aromatic heterocycles. The fourth-order valence-electron chi connectivity index (χ4n) is 3.10. The van der Waals surface area contributed by atoms with Gasteiger partial charge in [0, 0.05) is 12.1 Å². The topological polar surface area (TPSA) is 64.4 Å². The molecule has 0 aliphatic rings. The largest absolute Gasteiger partial charge is 0.483 e. The van der Waals surface area contributed by atoms with Gasteiger partial charge in [-0.1, -0.05) is 36.4 Å². The number of ether oxygens (including phenoxy) is 1. The van der Waals surface area contributed by atoms with E-state index in [4.69, 9.17) is 9.15 Å². The first-order chi connectivity index (χ1) is 14.1. The third-order valence-electron chi connectivity index (χ3n) is 4.84. The molecule has 1 N–H and O–H groups in total. The summed E-state index contributed by atoms with van der Waals surface area (Å²) in [5.74, 6) is 1.20. The summed E-state index contributed by atoms with van der Waals surface area (Å²) in [7, 11) is 0. The van der Waals surface area contributed by atoms with Gasteiger partial charge in [-0.05, 0) is 60.9 Å². The van der Waals surface area contributed by atoms with E-state index in [1.54, 1.807) is 0 Å². The number of aromatic nitrogens is 1. The monoisotopic (exact) mass is 386 g/mol. The maximum atomic E-state index is 12.2. The molecular weight excluding hydrogens is 364 g/mol. The van der Waals surface area contributed by atoms with Crippen LogP contribution in [0.4, 0.5) is 5.69 Å². The van der Waals surface area contributed by atoms with E-state index < -0.39 is 0 Å². The van der Waals surface area contributed by atoms with Crippen molar-refractivity contribution in [1.29, 1.82) is 0 Å². The average molecular weight is 386 g/mol. The van der Waals surface area contributed by atoms with Crippen LogP contribution in [0.25, 0.3) is 11.1 Å². The van der Waals surface area contributed by atoms with Gasteiger partial charge < -0.3 is 14.5 Å². The summed E-state index contributed by atoms with van der Waals surface area (Å²) < 4.78 is 11.4. The zero-order valence-electron chi connectivity index (χ0n) is 16.4. The fourth-order valence-corrected chi connectivity index (χ4v) is 3.10. The Morgan fingerprint density at radius 1 is 1.00 bits per heavy atom. The maximum absolute atomic E-state index is 12.2. The summed E-state index contributed by atoms with van der Waals surface area (Å²) in [6.45, 7) is 3.97. The number of para-hydroxylation sites is 2. The summed E-state index contributed by atoms with van der Waals surface area (Å²) in [5.41, 5.74) is 5.61. The molecule has 0 saturated heterocycles. The molecular formula is C24H22N2O3. The first-order valence-electron chi connectivity index (χ1n) is 9.51. The quantitative estimate of drug-likeness (QED) is 0.503. The van der Waals surface area contributed by atoms with Crippen molar-refractivity contribution in [2.24, 2.45) is 0 Å². The average Bonchev–Trinajstić information content (AvgIpc) is 3.13. The lowest BCUT2D eigenvalue weighted by atomic mass is 10.1. The number of nitrogens with one attached hydrogen (secondary N) is 1. The van der Waals surface area contributed by atoms with Crippen LogP contribution in [0.3, 0.4) is 0 Å². The van der Waals surface area contributed by atoms with Gasteiger partial charge in [-0.2, -0.15) is 0 Å². The molecule has 5 heteroatoms. The molecule has 0 aliphatic carbocycles. The van der Waals surface area contributed by atoms with E-state index in [2.05, 4.69) is 10.3 Å². The number of hydrogen-bond acceptors (Lipinski definition) is 4. The normalized spacial score (nSPS) is 10.8. The van der Waals surface area contributed by atoms with Gasteiger partial charge in [0.25, 0.3) is 5.91 Å². The Morgan fingerprint density at radius 3 is 2.59 bits per heavy atom. The van der Waals surface area contributed by atoms with Crippen LogP contribution >= 0.6 is 0 Å². The maximum Gasteiger partial charge on any atom is 0.262 e. The number of hydrogen-bond donors (Lipinski definition) is 1. The van der Waals surface area contributed by atoms with Crippen molar-refractivity contribution in [1.82, 2.24) is 4.98 Å². The van der Waals surface area contributed by atoms with Gasteiger partial charge in [-0.3, -0.25) is 4.79 Å². The predicted molar refractivity (Wildman–Crippen MR) is 113 cm³/mol. The highest BCUT2D eigenvalue weighted by molar-refractivity contribution is 5.91. The molecule has 3 aromatic carbocycles. The molecule has 5 nitrogen and oxygen atoms in total. The van der Waals surface area contributed by atoms with E-state index in [-0.39, 0.29) is 12.5 Å². The van der Waals surface area contributed by atoms with Crippen LogP contribution in [0.15, 0.2) is 71.1 Å². The lowest BCUT2D eigenvalue weighted by Gasteiger charge is -2.11. The van der Waals surface area contributed by atoms with E-state index >= 15 is 0 Å². The molecule has 0 spiro atoms. The summed E-state index contributed by atoms with van der Waals surface area (Å²) >= 11 is 0. The first kappa shape index (κ1) is 18.7. The van der Waals surface area contributed by atoms with Crippen molar-refractivity contribution in [2.75, 3.05) is 11.9 Å². The third kappa shape index (κ3) is 4.46. The lowest BCUT2D eigenvalue weighted by Crippen LogP contribution is -2.20. The van der Waals surface area contributed by atoms with Crippen LogP contribution in [0.1, 0.15) is 22.6 Å². The molecule has 0 atom stereocenters. The summed E-state index contributed by atoms with van der Waals surface area (Å²) in [5, 5.41) is 2.86. The van der Waals surface area contributed by atoms with E-state index in [0.717, 1.165) is 39.2 Å². The molecule has 4 rings (SSSR count). The summed E-state index contributed by atoms with van der Waals surface area (Å²) in [4.78, 5) is 16.7. The number of benzene rings is 3. The zero-order valence-corrected chi connectivity index (χ0v) is 16.4. The third-order valence-corrected chi connectivity index (χ3v) is 4.84. The van der Waals surface area contributed by atoms with Gasteiger partial charge in [0.15, 0.2) is 18.1 Å². The molecule has 0 fully saturated rings. The van der Waals surface area contributed by atoms with Crippen LogP contribution in [0, 0.1) is 13.8 Å². The Bertz CT molecular complexity index is 1110. The molecule has 4 aromatic rings. The van der Waals surface area contributed by atoms with Crippen LogP contribution < -0.4 is 10.1 Å². The molecule has 1 amide bonds. The van der Waals surface area contributed by atoms with Crippen molar-refractivity contribution >= 4 is 22.7 Å². The highest BCUT2D eigenvalue weighted by Crippen LogP contribution is 2.21.